The summed E-state index contributed by atoms with van der Waals surface area (Å²) in [5.41, 5.74) is 0. The molecular weight excluding hydrogens is 196 g/mol. The summed E-state index contributed by atoms with van der Waals surface area (Å²) in [5, 5.41) is 17.3. The van der Waals surface area contributed by atoms with Crippen LogP contribution in [0, 0.1) is 17.8 Å². The fourth-order valence-electron chi connectivity index (χ4n) is 1.56. The number of carboxylic acid groups (broad SMARTS) is 2. The minimum Gasteiger partial charge on any atom is -0.481 e. The van der Waals surface area contributed by atoms with Gasteiger partial charge in [-0.1, -0.05) is 20.8 Å². The molecule has 0 amide bonds. The first kappa shape index (κ1) is 13.9. The number of carboxylic acids is 2. The van der Waals surface area contributed by atoms with Gasteiger partial charge in [-0.25, -0.2) is 0 Å². The van der Waals surface area contributed by atoms with Gasteiger partial charge in [0.05, 0.1) is 5.92 Å². The Labute approximate surface area is 90.3 Å². The van der Waals surface area contributed by atoms with Gasteiger partial charge in [0.25, 0.3) is 0 Å². The molecule has 3 atom stereocenters. The number of carbonyl (C=O) groups is 2. The van der Waals surface area contributed by atoms with Gasteiger partial charge in [-0.2, -0.15) is 0 Å². The second-order valence-electron chi connectivity index (χ2n) is 4.25. The van der Waals surface area contributed by atoms with Crippen LogP contribution in [0.1, 0.15) is 40.0 Å². The van der Waals surface area contributed by atoms with Crippen LogP contribution in [-0.4, -0.2) is 22.2 Å². The van der Waals surface area contributed by atoms with Crippen molar-refractivity contribution in [3.63, 3.8) is 0 Å². The average molecular weight is 216 g/mol. The van der Waals surface area contributed by atoms with E-state index in [1.54, 1.807) is 6.92 Å². The number of hydrogen-bond donors (Lipinski definition) is 2. The normalized spacial score (nSPS) is 16.7. The number of aliphatic carboxylic acids is 2. The molecule has 4 heteroatoms. The van der Waals surface area contributed by atoms with Crippen LogP contribution in [0.2, 0.25) is 0 Å². The van der Waals surface area contributed by atoms with Gasteiger partial charge in [0, 0.05) is 6.42 Å². The molecule has 3 unspecified atom stereocenters. The molecule has 0 rings (SSSR count). The Morgan fingerprint density at radius 2 is 1.67 bits per heavy atom. The summed E-state index contributed by atoms with van der Waals surface area (Å²) in [5.74, 6) is -1.62. The second kappa shape index (κ2) is 6.43. The fraction of sp³-hybridized carbons (Fsp3) is 0.818. The van der Waals surface area contributed by atoms with Crippen molar-refractivity contribution in [2.24, 2.45) is 17.8 Å². The van der Waals surface area contributed by atoms with Gasteiger partial charge in [-0.3, -0.25) is 9.59 Å². The Morgan fingerprint density at radius 1 is 1.13 bits per heavy atom. The van der Waals surface area contributed by atoms with Crippen molar-refractivity contribution in [1.82, 2.24) is 0 Å². The van der Waals surface area contributed by atoms with Crippen LogP contribution >= 0.6 is 0 Å². The highest BCUT2D eigenvalue weighted by Crippen LogP contribution is 2.25. The monoisotopic (exact) mass is 216 g/mol. The minimum absolute atomic E-state index is 0.0799. The molecule has 88 valence electrons. The van der Waals surface area contributed by atoms with Crippen LogP contribution in [0.15, 0.2) is 0 Å². The smallest absolute Gasteiger partial charge is 0.306 e. The van der Waals surface area contributed by atoms with Crippen LogP contribution < -0.4 is 0 Å². The molecular formula is C11H20O4. The van der Waals surface area contributed by atoms with Crippen molar-refractivity contribution in [2.75, 3.05) is 0 Å². The molecule has 0 saturated heterocycles. The SMILES string of the molecule is CC(CCCC(=O)O)C(C)C(C)C(=O)O. The van der Waals surface area contributed by atoms with E-state index >= 15 is 0 Å². The third kappa shape index (κ3) is 5.40. The Hall–Kier alpha value is -1.06. The molecule has 0 aliphatic carbocycles. The molecule has 0 aromatic heterocycles. The predicted octanol–water partition coefficient (Wildman–Crippen LogP) is 2.23. The van der Waals surface area contributed by atoms with Crippen LogP contribution in [-0.2, 0) is 9.59 Å². The zero-order chi connectivity index (χ0) is 12.0. The molecule has 0 spiro atoms. The molecule has 15 heavy (non-hydrogen) atoms. The molecule has 4 nitrogen and oxygen atoms in total. The summed E-state index contributed by atoms with van der Waals surface area (Å²) in [7, 11) is 0. The first-order valence-electron chi connectivity index (χ1n) is 5.30. The van der Waals surface area contributed by atoms with E-state index in [2.05, 4.69) is 0 Å². The number of hydrogen-bond acceptors (Lipinski definition) is 2. The lowest BCUT2D eigenvalue weighted by atomic mass is 9.82. The topological polar surface area (TPSA) is 74.6 Å². The van der Waals surface area contributed by atoms with Crippen LogP contribution in [0.3, 0.4) is 0 Å². The lowest BCUT2D eigenvalue weighted by Crippen LogP contribution is -2.23. The van der Waals surface area contributed by atoms with Crippen LogP contribution in [0.5, 0.6) is 0 Å². The summed E-state index contributed by atoms with van der Waals surface area (Å²) < 4.78 is 0. The quantitative estimate of drug-likeness (QED) is 0.684. The van der Waals surface area contributed by atoms with Crippen molar-refractivity contribution >= 4 is 11.9 Å². The lowest BCUT2D eigenvalue weighted by molar-refractivity contribution is -0.143. The highest BCUT2D eigenvalue weighted by atomic mass is 16.4. The molecule has 0 fully saturated rings. The maximum absolute atomic E-state index is 10.7. The van der Waals surface area contributed by atoms with Crippen molar-refractivity contribution in [2.45, 2.75) is 40.0 Å². The van der Waals surface area contributed by atoms with Gasteiger partial charge < -0.3 is 10.2 Å². The van der Waals surface area contributed by atoms with Gasteiger partial charge in [0.1, 0.15) is 0 Å². The van der Waals surface area contributed by atoms with Gasteiger partial charge in [0.2, 0.25) is 0 Å². The molecule has 0 radical (unpaired) electrons. The van der Waals surface area contributed by atoms with Crippen LogP contribution in [0.4, 0.5) is 0 Å². The highest BCUT2D eigenvalue weighted by molar-refractivity contribution is 5.69. The van der Waals surface area contributed by atoms with E-state index in [0.717, 1.165) is 6.42 Å². The Morgan fingerprint density at radius 3 is 2.07 bits per heavy atom. The van der Waals surface area contributed by atoms with Crippen molar-refractivity contribution in [3.8, 4) is 0 Å². The maximum atomic E-state index is 10.7. The van der Waals surface area contributed by atoms with Gasteiger partial charge in [-0.15, -0.1) is 0 Å². The van der Waals surface area contributed by atoms with Gasteiger partial charge in [-0.05, 0) is 24.7 Å². The summed E-state index contributed by atoms with van der Waals surface area (Å²) >= 11 is 0. The molecule has 0 aliphatic heterocycles. The van der Waals surface area contributed by atoms with E-state index in [4.69, 9.17) is 10.2 Å². The molecule has 2 N–H and O–H groups in total. The maximum Gasteiger partial charge on any atom is 0.306 e. The molecule has 0 bridgehead atoms. The predicted molar refractivity (Wildman–Crippen MR) is 56.6 cm³/mol. The van der Waals surface area contributed by atoms with E-state index in [1.807, 2.05) is 13.8 Å². The lowest BCUT2D eigenvalue weighted by Gasteiger charge is -2.23. The molecule has 0 aromatic rings. The standard InChI is InChI=1S/C11H20O4/c1-7(5-4-6-10(12)13)8(2)9(3)11(14)15/h7-9H,4-6H2,1-3H3,(H,12,13)(H,14,15). The van der Waals surface area contributed by atoms with E-state index < -0.39 is 11.9 Å². The van der Waals surface area contributed by atoms with E-state index in [9.17, 15) is 9.59 Å². The molecule has 0 heterocycles. The number of rotatable bonds is 7. The third-order valence-electron chi connectivity index (χ3n) is 3.13. The van der Waals surface area contributed by atoms with Crippen molar-refractivity contribution < 1.29 is 19.8 Å². The molecule has 0 aliphatic rings. The zero-order valence-corrected chi connectivity index (χ0v) is 9.56. The van der Waals surface area contributed by atoms with Gasteiger partial charge in [0.15, 0.2) is 0 Å². The van der Waals surface area contributed by atoms with Gasteiger partial charge >= 0.3 is 11.9 Å². The Bertz CT molecular complexity index is 225. The van der Waals surface area contributed by atoms with E-state index in [1.165, 1.54) is 0 Å². The summed E-state index contributed by atoms with van der Waals surface area (Å²) in [6, 6.07) is 0. The molecule has 0 aromatic carbocycles. The minimum atomic E-state index is -0.791. The van der Waals surface area contributed by atoms with Crippen molar-refractivity contribution in [1.29, 1.82) is 0 Å². The Balaban J connectivity index is 3.93. The van der Waals surface area contributed by atoms with E-state index in [0.29, 0.717) is 6.42 Å². The Kier molecular flexibility index (Phi) is 5.97. The second-order valence-corrected chi connectivity index (χ2v) is 4.25. The summed E-state index contributed by atoms with van der Waals surface area (Å²) in [6.45, 7) is 5.58. The average Bonchev–Trinajstić information content (AvgIpc) is 2.14. The zero-order valence-electron chi connectivity index (χ0n) is 9.56. The van der Waals surface area contributed by atoms with Crippen molar-refractivity contribution in [3.05, 3.63) is 0 Å². The highest BCUT2D eigenvalue weighted by Gasteiger charge is 2.24. The first-order valence-corrected chi connectivity index (χ1v) is 5.30. The largest absolute Gasteiger partial charge is 0.481 e. The fourth-order valence-corrected chi connectivity index (χ4v) is 1.56. The van der Waals surface area contributed by atoms with Crippen LogP contribution in [0.25, 0.3) is 0 Å². The van der Waals surface area contributed by atoms with E-state index in [-0.39, 0.29) is 24.2 Å². The summed E-state index contributed by atoms with van der Waals surface area (Å²) in [4.78, 5) is 21.0. The molecule has 0 saturated carbocycles. The first-order chi connectivity index (χ1) is 6.86. The third-order valence-corrected chi connectivity index (χ3v) is 3.13. The summed E-state index contributed by atoms with van der Waals surface area (Å²) in [6.07, 6.45) is 1.55.